The summed E-state index contributed by atoms with van der Waals surface area (Å²) in [5, 5.41) is 14.4. The number of benzene rings is 2. The van der Waals surface area contributed by atoms with Gasteiger partial charge in [-0.3, -0.25) is 9.69 Å². The zero-order chi connectivity index (χ0) is 33.3. The maximum Gasteiger partial charge on any atom is 0.560 e. The van der Waals surface area contributed by atoms with Gasteiger partial charge in [-0.25, -0.2) is 9.63 Å². The number of amides is 1. The molecule has 1 aromatic heterocycles. The fraction of sp³-hybridized carbons (Fsp3) is 0.364. The van der Waals surface area contributed by atoms with Gasteiger partial charge in [-0.2, -0.15) is 15.0 Å². The molecular weight excluding hydrogens is 590 g/mol. The number of rotatable bonds is 13. The number of aromatic nitrogens is 4. The van der Waals surface area contributed by atoms with E-state index in [1.165, 1.54) is 18.0 Å². The number of aliphatic imine (C=N–C) groups is 1. The van der Waals surface area contributed by atoms with Crippen LogP contribution in [0.25, 0.3) is 22.5 Å². The number of quaternary nitrogens is 1. The number of amidine groups is 1. The van der Waals surface area contributed by atoms with Crippen molar-refractivity contribution in [3.8, 4) is 22.5 Å². The number of allylic oxidation sites excluding steroid dienone is 1. The molecule has 13 heteroatoms. The first-order valence-electron chi connectivity index (χ1n) is 15.2. The summed E-state index contributed by atoms with van der Waals surface area (Å²) in [6.45, 7) is 9.04. The second kappa shape index (κ2) is 15.2. The van der Waals surface area contributed by atoms with Crippen molar-refractivity contribution in [2.75, 3.05) is 20.3 Å². The number of carbonyl (C=O) groups is 3. The third-order valence-corrected chi connectivity index (χ3v) is 7.18. The average molecular weight is 631 g/mol. The van der Waals surface area contributed by atoms with Crippen LogP contribution in [0.3, 0.4) is 0 Å². The zero-order valence-corrected chi connectivity index (χ0v) is 27.1. The van der Waals surface area contributed by atoms with E-state index in [2.05, 4.69) is 20.6 Å². The Morgan fingerprint density at radius 2 is 1.65 bits per heavy atom. The highest BCUT2D eigenvalue weighted by Crippen LogP contribution is 2.38. The Morgan fingerprint density at radius 1 is 0.957 bits per heavy atom. The summed E-state index contributed by atoms with van der Waals surface area (Å²) < 4.78 is 9.96. The molecule has 0 aliphatic carbocycles. The Bertz CT molecular complexity index is 1640. The van der Waals surface area contributed by atoms with Crippen molar-refractivity contribution in [3.05, 3.63) is 77.3 Å². The smallest absolute Gasteiger partial charge is 0.458 e. The van der Waals surface area contributed by atoms with E-state index < -0.39 is 22.7 Å². The number of nitrogens with zero attached hydrogens (tertiary/aromatic N) is 6. The fourth-order valence-electron chi connectivity index (χ4n) is 5.06. The van der Waals surface area contributed by atoms with Gasteiger partial charge in [-0.1, -0.05) is 67.4 Å². The Kier molecular flexibility index (Phi) is 11.2. The van der Waals surface area contributed by atoms with Crippen LogP contribution in [-0.4, -0.2) is 74.3 Å². The minimum absolute atomic E-state index is 0.0174. The summed E-state index contributed by atoms with van der Waals surface area (Å²) in [5.41, 5.74) is 3.97. The molecule has 0 saturated carbocycles. The molecule has 242 valence electrons. The lowest BCUT2D eigenvalue weighted by atomic mass is 9.98. The van der Waals surface area contributed by atoms with Crippen LogP contribution in [0, 0.1) is 0 Å². The number of aromatic amines is 1. The second-order valence-corrected chi connectivity index (χ2v) is 10.8. The average Bonchev–Trinajstić information content (AvgIpc) is 3.67. The predicted octanol–water partition coefficient (Wildman–Crippen LogP) is 5.70. The second-order valence-electron chi connectivity index (χ2n) is 10.8. The van der Waals surface area contributed by atoms with Crippen LogP contribution in [0.4, 0.5) is 4.79 Å². The summed E-state index contributed by atoms with van der Waals surface area (Å²) in [6, 6.07) is 15.3. The van der Waals surface area contributed by atoms with Crippen LogP contribution < -0.4 is 0 Å². The minimum atomic E-state index is -0.987. The molecule has 1 N–H and O–H groups in total. The van der Waals surface area contributed by atoms with Crippen LogP contribution in [-0.2, 0) is 30.4 Å². The van der Waals surface area contributed by atoms with Gasteiger partial charge in [0.1, 0.15) is 0 Å². The number of nitrogens with one attached hydrogen (secondary N) is 1. The zero-order valence-electron chi connectivity index (χ0n) is 27.1. The molecule has 13 nitrogen and oxygen atoms in total. The summed E-state index contributed by atoms with van der Waals surface area (Å²) in [6.07, 6.45) is 2.33. The molecule has 4 rings (SSSR count). The van der Waals surface area contributed by atoms with E-state index in [0.29, 0.717) is 24.5 Å². The van der Waals surface area contributed by atoms with Crippen molar-refractivity contribution in [2.45, 2.75) is 60.4 Å². The number of likely N-dealkylation sites (N-methyl/N-ethyl adjacent to an activating group) is 1. The number of unbranched alkanes of at least 4 members (excludes halogenated alkanes) is 1. The lowest BCUT2D eigenvalue weighted by Gasteiger charge is -2.31. The quantitative estimate of drug-likeness (QED) is 0.143. The van der Waals surface area contributed by atoms with Crippen molar-refractivity contribution in [3.63, 3.8) is 0 Å². The van der Waals surface area contributed by atoms with E-state index in [-0.39, 0.29) is 31.3 Å². The monoisotopic (exact) mass is 630 g/mol. The number of hydrogen-bond donors (Lipinski definition) is 1. The molecule has 0 spiro atoms. The predicted molar refractivity (Wildman–Crippen MR) is 170 cm³/mol. The Morgan fingerprint density at radius 3 is 2.26 bits per heavy atom. The van der Waals surface area contributed by atoms with Gasteiger partial charge in [0.15, 0.2) is 6.54 Å². The third kappa shape index (κ3) is 7.37. The standard InChI is InChI=1S/C33H40N7O6/c1-7-10-15-27-34-31(39(6)28(41)20-22(4)5)29(32(42)44-8-2)40(27,46-33(43)45-9-3)21-23-16-18-24(19-17-23)25-13-11-12-14-26(25)30-35-37-38-36-30/h11-14,16-20H,7-10,15,21H2,1-6H3,(H,35,36,37,38)/q+1. The van der Waals surface area contributed by atoms with Crippen LogP contribution in [0.2, 0.25) is 0 Å². The minimum Gasteiger partial charge on any atom is -0.458 e. The highest BCUT2D eigenvalue weighted by atomic mass is 16.8. The van der Waals surface area contributed by atoms with Crippen molar-refractivity contribution < 1.29 is 33.3 Å². The maximum absolute atomic E-state index is 13.8. The number of ether oxygens (including phenoxy) is 2. The third-order valence-electron chi connectivity index (χ3n) is 7.18. The molecule has 2 aromatic carbocycles. The summed E-state index contributed by atoms with van der Waals surface area (Å²) in [4.78, 5) is 52.2. The molecule has 1 unspecified atom stereocenters. The molecule has 0 bridgehead atoms. The molecule has 1 amide bonds. The van der Waals surface area contributed by atoms with Crippen LogP contribution in [0.15, 0.2) is 76.7 Å². The molecule has 2 heterocycles. The molecule has 0 fully saturated rings. The lowest BCUT2D eigenvalue weighted by Crippen LogP contribution is -2.53. The summed E-state index contributed by atoms with van der Waals surface area (Å²) in [7, 11) is 1.53. The first kappa shape index (κ1) is 33.7. The van der Waals surface area contributed by atoms with E-state index in [0.717, 1.165) is 34.2 Å². The van der Waals surface area contributed by atoms with Crippen molar-refractivity contribution in [2.24, 2.45) is 4.99 Å². The van der Waals surface area contributed by atoms with Gasteiger partial charge < -0.3 is 9.47 Å². The number of esters is 1. The molecule has 0 radical (unpaired) electrons. The normalized spacial score (nSPS) is 15.7. The highest BCUT2D eigenvalue weighted by molar-refractivity contribution is 5.97. The van der Waals surface area contributed by atoms with Gasteiger partial charge in [0.05, 0.1) is 13.2 Å². The molecule has 46 heavy (non-hydrogen) atoms. The molecule has 0 saturated heterocycles. The van der Waals surface area contributed by atoms with Crippen molar-refractivity contribution >= 4 is 23.9 Å². The van der Waals surface area contributed by atoms with Crippen molar-refractivity contribution in [1.29, 1.82) is 0 Å². The fourth-order valence-corrected chi connectivity index (χ4v) is 5.06. The van der Waals surface area contributed by atoms with E-state index >= 15 is 0 Å². The first-order chi connectivity index (χ1) is 22.1. The molecular formula is C33H40N7O6+. The molecule has 1 aliphatic heterocycles. The maximum atomic E-state index is 13.8. The number of hydrogen-bond acceptors (Lipinski definition) is 10. The highest BCUT2D eigenvalue weighted by Gasteiger charge is 2.56. The molecule has 1 aliphatic rings. The van der Waals surface area contributed by atoms with Gasteiger partial charge in [-0.05, 0) is 55.1 Å². The van der Waals surface area contributed by atoms with Gasteiger partial charge in [0.2, 0.25) is 11.6 Å². The van der Waals surface area contributed by atoms with Gasteiger partial charge in [0.25, 0.3) is 11.7 Å². The van der Waals surface area contributed by atoms with E-state index in [9.17, 15) is 14.4 Å². The summed E-state index contributed by atoms with van der Waals surface area (Å²) >= 11 is 0. The van der Waals surface area contributed by atoms with E-state index in [1.807, 2.05) is 55.5 Å². The number of tetrazole rings is 1. The Balaban J connectivity index is 1.86. The number of carbonyl (C=O) groups excluding carboxylic acids is 3. The Labute approximate surface area is 268 Å². The SMILES string of the molecule is CCCCC1=NC(N(C)C(=O)C=C(C)C)=C(C(=O)OCC)[N+]1(Cc1ccc(-c2ccccc2-c2nn[nH]n2)cc1)OC(=O)OCC. The first-order valence-corrected chi connectivity index (χ1v) is 15.2. The number of hydroxylamine groups is 3. The molecule has 1 atom stereocenters. The van der Waals surface area contributed by atoms with E-state index in [1.54, 1.807) is 27.7 Å². The van der Waals surface area contributed by atoms with Crippen LogP contribution in [0.5, 0.6) is 0 Å². The molecule has 3 aromatic rings. The number of H-pyrrole nitrogens is 1. The lowest BCUT2D eigenvalue weighted by molar-refractivity contribution is -0.995. The largest absolute Gasteiger partial charge is 0.560 e. The van der Waals surface area contributed by atoms with Gasteiger partial charge in [-0.15, -0.1) is 10.2 Å². The Hall–Kier alpha value is -5.17. The van der Waals surface area contributed by atoms with Crippen molar-refractivity contribution in [1.82, 2.24) is 25.5 Å². The topological polar surface area (TPSA) is 149 Å². The van der Waals surface area contributed by atoms with Crippen LogP contribution >= 0.6 is 0 Å². The van der Waals surface area contributed by atoms with Gasteiger partial charge in [0, 0.05) is 30.7 Å². The van der Waals surface area contributed by atoms with E-state index in [4.69, 9.17) is 19.3 Å². The van der Waals surface area contributed by atoms with Gasteiger partial charge >= 0.3 is 17.8 Å². The van der Waals surface area contributed by atoms with Crippen LogP contribution in [0.1, 0.15) is 59.4 Å². The summed E-state index contributed by atoms with van der Waals surface area (Å²) in [5.74, 6) is -0.279.